The molecule has 5 nitrogen and oxygen atoms in total. The van der Waals surface area contributed by atoms with E-state index in [1.807, 2.05) is 13.0 Å². The summed E-state index contributed by atoms with van der Waals surface area (Å²) in [6, 6.07) is 12.6. The molecular formula is C22H23NO4. The van der Waals surface area contributed by atoms with E-state index in [-0.39, 0.29) is 18.1 Å². The van der Waals surface area contributed by atoms with Crippen molar-refractivity contribution in [3.8, 4) is 5.75 Å². The minimum Gasteiger partial charge on any atom is -0.489 e. The van der Waals surface area contributed by atoms with Gasteiger partial charge in [-0.25, -0.2) is 4.79 Å². The normalized spacial score (nSPS) is 11.0. The molecule has 0 saturated carbocycles. The predicted molar refractivity (Wildman–Crippen MR) is 106 cm³/mol. The highest BCUT2D eigenvalue weighted by molar-refractivity contribution is 5.88. The van der Waals surface area contributed by atoms with Gasteiger partial charge in [-0.2, -0.15) is 0 Å². The van der Waals surface area contributed by atoms with Gasteiger partial charge in [0.2, 0.25) is 5.91 Å². The Labute approximate surface area is 158 Å². The first kappa shape index (κ1) is 18.7. The maximum absolute atomic E-state index is 11.9. The summed E-state index contributed by atoms with van der Waals surface area (Å²) in [5.41, 5.74) is 4.00. The minimum atomic E-state index is -0.390. The van der Waals surface area contributed by atoms with Gasteiger partial charge < -0.3 is 14.5 Å². The molecule has 3 aromatic rings. The molecule has 0 atom stereocenters. The third-order valence-corrected chi connectivity index (χ3v) is 4.41. The van der Waals surface area contributed by atoms with Crippen LogP contribution in [0.3, 0.4) is 0 Å². The van der Waals surface area contributed by atoms with Crippen LogP contribution in [-0.2, 0) is 11.4 Å². The molecule has 140 valence electrons. The molecule has 0 aliphatic carbocycles. The lowest BCUT2D eigenvalue weighted by Gasteiger charge is -2.13. The van der Waals surface area contributed by atoms with Gasteiger partial charge in [0.05, 0.1) is 0 Å². The number of nitrogens with one attached hydrogen (secondary N) is 1. The number of carbonyl (C=O) groups is 1. The maximum Gasteiger partial charge on any atom is 0.336 e. The molecule has 1 aromatic heterocycles. The Bertz CT molecular complexity index is 1030. The Morgan fingerprint density at radius 1 is 1.15 bits per heavy atom. The summed E-state index contributed by atoms with van der Waals surface area (Å²) < 4.78 is 11.2. The van der Waals surface area contributed by atoms with Crippen molar-refractivity contribution in [3.63, 3.8) is 0 Å². The van der Waals surface area contributed by atoms with Gasteiger partial charge in [0.1, 0.15) is 17.9 Å². The van der Waals surface area contributed by atoms with Crippen LogP contribution in [0, 0.1) is 6.92 Å². The summed E-state index contributed by atoms with van der Waals surface area (Å²) in [5.74, 6) is 0.903. The van der Waals surface area contributed by atoms with Crippen LogP contribution in [0.1, 0.15) is 43.4 Å². The third kappa shape index (κ3) is 4.37. The molecule has 27 heavy (non-hydrogen) atoms. The van der Waals surface area contributed by atoms with Crippen molar-refractivity contribution in [2.45, 2.75) is 40.2 Å². The lowest BCUT2D eigenvalue weighted by Crippen LogP contribution is -2.06. The molecule has 5 heteroatoms. The summed E-state index contributed by atoms with van der Waals surface area (Å²) in [5, 5.41) is 3.60. The fourth-order valence-corrected chi connectivity index (χ4v) is 3.13. The molecule has 0 radical (unpaired) electrons. The highest BCUT2D eigenvalue weighted by Crippen LogP contribution is 2.27. The van der Waals surface area contributed by atoms with Crippen molar-refractivity contribution in [3.05, 3.63) is 69.6 Å². The first-order valence-electron chi connectivity index (χ1n) is 8.91. The van der Waals surface area contributed by atoms with Gasteiger partial charge in [-0.1, -0.05) is 13.8 Å². The SMILES string of the molecule is CC(=O)Nc1ccc(OCc2cc(=O)oc3cc(C)c(C(C)C)cc23)cc1. The quantitative estimate of drug-likeness (QED) is 0.662. The van der Waals surface area contributed by atoms with Crippen molar-refractivity contribution in [2.24, 2.45) is 0 Å². The monoisotopic (exact) mass is 365 g/mol. The molecule has 0 spiro atoms. The second kappa shape index (κ2) is 7.66. The number of hydrogen-bond acceptors (Lipinski definition) is 4. The average Bonchev–Trinajstić information content (AvgIpc) is 2.59. The van der Waals surface area contributed by atoms with Crippen LogP contribution in [-0.4, -0.2) is 5.91 Å². The summed E-state index contributed by atoms with van der Waals surface area (Å²) in [4.78, 5) is 23.0. The van der Waals surface area contributed by atoms with Crippen molar-refractivity contribution >= 4 is 22.6 Å². The van der Waals surface area contributed by atoms with E-state index in [2.05, 4.69) is 25.2 Å². The molecule has 1 amide bonds. The molecule has 0 fully saturated rings. The van der Waals surface area contributed by atoms with Crippen LogP contribution < -0.4 is 15.7 Å². The zero-order chi connectivity index (χ0) is 19.6. The van der Waals surface area contributed by atoms with Crippen molar-refractivity contribution in [2.75, 3.05) is 5.32 Å². The molecule has 0 bridgehead atoms. The number of aryl methyl sites for hydroxylation is 1. The number of anilines is 1. The van der Waals surface area contributed by atoms with E-state index in [4.69, 9.17) is 9.15 Å². The summed E-state index contributed by atoms with van der Waals surface area (Å²) in [7, 11) is 0. The molecule has 2 aromatic carbocycles. The molecule has 0 aliphatic heterocycles. The van der Waals surface area contributed by atoms with Gasteiger partial charge in [-0.05, 0) is 60.4 Å². The smallest absolute Gasteiger partial charge is 0.336 e. The van der Waals surface area contributed by atoms with E-state index < -0.39 is 0 Å². The van der Waals surface area contributed by atoms with Gasteiger partial charge in [-0.3, -0.25) is 4.79 Å². The largest absolute Gasteiger partial charge is 0.489 e. The van der Waals surface area contributed by atoms with Gasteiger partial charge in [0.25, 0.3) is 0 Å². The zero-order valence-corrected chi connectivity index (χ0v) is 16.0. The third-order valence-electron chi connectivity index (χ3n) is 4.41. The van der Waals surface area contributed by atoms with Gasteiger partial charge >= 0.3 is 5.63 Å². The van der Waals surface area contributed by atoms with Gasteiger partial charge in [-0.15, -0.1) is 0 Å². The van der Waals surface area contributed by atoms with Crippen LogP contribution >= 0.6 is 0 Å². The van der Waals surface area contributed by atoms with Crippen molar-refractivity contribution in [1.29, 1.82) is 0 Å². The second-order valence-electron chi connectivity index (χ2n) is 6.94. The molecule has 0 aliphatic rings. The summed E-state index contributed by atoms with van der Waals surface area (Å²) >= 11 is 0. The highest BCUT2D eigenvalue weighted by atomic mass is 16.5. The first-order chi connectivity index (χ1) is 12.8. The number of carbonyl (C=O) groups excluding carboxylic acids is 1. The fourth-order valence-electron chi connectivity index (χ4n) is 3.13. The number of fused-ring (bicyclic) bond motifs is 1. The molecule has 1 heterocycles. The van der Waals surface area contributed by atoms with Crippen LogP contribution in [0.5, 0.6) is 5.75 Å². The minimum absolute atomic E-state index is 0.123. The standard InChI is InChI=1S/C22H23NO4/c1-13(2)19-11-20-16(10-22(25)27-21(20)9-14(19)3)12-26-18-7-5-17(6-8-18)23-15(4)24/h5-11,13H,12H2,1-4H3,(H,23,24). The average molecular weight is 365 g/mol. The molecule has 0 saturated heterocycles. The summed E-state index contributed by atoms with van der Waals surface area (Å²) in [6.45, 7) is 8.01. The summed E-state index contributed by atoms with van der Waals surface area (Å²) in [6.07, 6.45) is 0. The Kier molecular flexibility index (Phi) is 5.31. The van der Waals surface area contributed by atoms with E-state index in [1.54, 1.807) is 24.3 Å². The maximum atomic E-state index is 11.9. The van der Waals surface area contributed by atoms with E-state index in [1.165, 1.54) is 18.6 Å². The second-order valence-corrected chi connectivity index (χ2v) is 6.94. The molecule has 1 N–H and O–H groups in total. The topological polar surface area (TPSA) is 68.5 Å². The molecule has 0 unspecified atom stereocenters. The Morgan fingerprint density at radius 2 is 1.85 bits per heavy atom. The fraction of sp³-hybridized carbons (Fsp3) is 0.273. The lowest BCUT2D eigenvalue weighted by molar-refractivity contribution is -0.114. The zero-order valence-electron chi connectivity index (χ0n) is 16.0. The van der Waals surface area contributed by atoms with Crippen molar-refractivity contribution < 1.29 is 13.9 Å². The number of ether oxygens (including phenoxy) is 1. The van der Waals surface area contributed by atoms with Gasteiger partial charge in [0.15, 0.2) is 0 Å². The lowest BCUT2D eigenvalue weighted by atomic mass is 9.95. The molecular weight excluding hydrogens is 342 g/mol. The Morgan fingerprint density at radius 3 is 2.48 bits per heavy atom. The molecule has 3 rings (SSSR count). The van der Waals surface area contributed by atoms with Crippen LogP contribution in [0.25, 0.3) is 11.0 Å². The van der Waals surface area contributed by atoms with Crippen LogP contribution in [0.2, 0.25) is 0 Å². The predicted octanol–water partition coefficient (Wildman–Crippen LogP) is 4.76. The van der Waals surface area contributed by atoms with Crippen LogP contribution in [0.4, 0.5) is 5.69 Å². The number of hydrogen-bond donors (Lipinski definition) is 1. The Balaban J connectivity index is 1.88. The van der Waals surface area contributed by atoms with E-state index >= 15 is 0 Å². The van der Waals surface area contributed by atoms with Gasteiger partial charge in [0, 0.05) is 29.6 Å². The number of benzene rings is 2. The van der Waals surface area contributed by atoms with Crippen molar-refractivity contribution in [1.82, 2.24) is 0 Å². The van der Waals surface area contributed by atoms with E-state index in [0.717, 1.165) is 16.5 Å². The van der Waals surface area contributed by atoms with E-state index in [0.29, 0.717) is 22.9 Å². The number of amides is 1. The van der Waals surface area contributed by atoms with Crippen LogP contribution in [0.15, 0.2) is 51.7 Å². The Hall–Kier alpha value is -3.08. The first-order valence-corrected chi connectivity index (χ1v) is 8.91. The van der Waals surface area contributed by atoms with E-state index in [9.17, 15) is 9.59 Å². The highest BCUT2D eigenvalue weighted by Gasteiger charge is 2.12. The number of rotatable bonds is 5.